The highest BCUT2D eigenvalue weighted by atomic mass is 32.2. The van der Waals surface area contributed by atoms with E-state index in [2.05, 4.69) is 15.1 Å². The highest BCUT2D eigenvalue weighted by molar-refractivity contribution is 7.89. The van der Waals surface area contributed by atoms with E-state index in [0.29, 0.717) is 5.56 Å². The van der Waals surface area contributed by atoms with E-state index < -0.39 is 34.0 Å². The fraction of sp³-hybridized carbons (Fsp3) is 0.214. The maximum absolute atomic E-state index is 12.8. The van der Waals surface area contributed by atoms with E-state index in [-0.39, 0.29) is 43.5 Å². The van der Waals surface area contributed by atoms with Crippen molar-refractivity contribution < 1.29 is 32.3 Å². The molecule has 1 fully saturated rings. The van der Waals surface area contributed by atoms with E-state index in [0.717, 1.165) is 16.1 Å². The Hall–Kier alpha value is -4.59. The number of nitrogens with one attached hydrogen (secondary N) is 2. The van der Waals surface area contributed by atoms with Crippen LogP contribution in [0.5, 0.6) is 0 Å². The summed E-state index contributed by atoms with van der Waals surface area (Å²) in [5, 5.41) is 3.66. The first-order valence-corrected chi connectivity index (χ1v) is 14.1. The molecule has 0 aliphatic carbocycles. The van der Waals surface area contributed by atoms with Crippen LogP contribution in [0.15, 0.2) is 94.8 Å². The lowest BCUT2D eigenvalue weighted by Crippen LogP contribution is -2.56. The van der Waals surface area contributed by atoms with Gasteiger partial charge in [-0.15, -0.1) is 4.83 Å². The molecule has 4 N–H and O–H groups in total. The molecule has 3 amide bonds. The van der Waals surface area contributed by atoms with Gasteiger partial charge in [-0.25, -0.2) is 13.2 Å². The van der Waals surface area contributed by atoms with Gasteiger partial charge in [0.1, 0.15) is 18.5 Å². The highest BCUT2D eigenvalue weighted by Gasteiger charge is 2.34. The van der Waals surface area contributed by atoms with Crippen molar-refractivity contribution in [1.82, 2.24) is 15.2 Å². The van der Waals surface area contributed by atoms with Crippen LogP contribution in [0.1, 0.15) is 23.1 Å². The molecule has 0 saturated carbocycles. The number of hydrazine groups is 1. The maximum atomic E-state index is 12.8. The molecule has 0 aromatic heterocycles. The molecule has 1 heterocycles. The van der Waals surface area contributed by atoms with Crippen molar-refractivity contribution in [1.29, 1.82) is 0 Å². The van der Waals surface area contributed by atoms with E-state index in [1.54, 1.807) is 42.5 Å². The Bertz CT molecular complexity index is 1500. The average molecular weight is 580 g/mol. The largest absolute Gasteiger partial charge is 0.443 e. The SMILES string of the molecule is N/C(=N\C(=O)OCc1ccccc1)c1ccc(CNC(=O)C[C@H]2OCCN(NS(=O)(=O)c3ccccc3)C2=O)cc1. The van der Waals surface area contributed by atoms with Gasteiger partial charge in [0.25, 0.3) is 15.9 Å². The fourth-order valence-electron chi connectivity index (χ4n) is 3.82. The number of aliphatic imine (C=N–C) groups is 1. The van der Waals surface area contributed by atoms with Gasteiger partial charge in [-0.3, -0.25) is 14.6 Å². The first-order valence-electron chi connectivity index (χ1n) is 12.6. The van der Waals surface area contributed by atoms with Gasteiger partial charge in [0, 0.05) is 12.1 Å². The number of amides is 3. The normalized spacial score (nSPS) is 15.8. The van der Waals surface area contributed by atoms with Crippen LogP contribution in [0, 0.1) is 0 Å². The third-order valence-corrected chi connectivity index (χ3v) is 7.34. The van der Waals surface area contributed by atoms with Crippen molar-refractivity contribution >= 4 is 33.8 Å². The lowest BCUT2D eigenvalue weighted by atomic mass is 10.1. The Morgan fingerprint density at radius 3 is 2.32 bits per heavy atom. The maximum Gasteiger partial charge on any atom is 0.435 e. The summed E-state index contributed by atoms with van der Waals surface area (Å²) in [4.78, 5) is 43.3. The Labute approximate surface area is 237 Å². The van der Waals surface area contributed by atoms with Crippen LogP contribution in [-0.4, -0.2) is 56.4 Å². The molecule has 12 nitrogen and oxygen atoms in total. The summed E-state index contributed by atoms with van der Waals surface area (Å²) >= 11 is 0. The van der Waals surface area contributed by atoms with Gasteiger partial charge in [-0.05, 0) is 23.3 Å². The third kappa shape index (κ3) is 8.45. The number of hydrogen-bond acceptors (Lipinski definition) is 7. The zero-order valence-corrected chi connectivity index (χ0v) is 22.8. The van der Waals surface area contributed by atoms with Crippen LogP contribution >= 0.6 is 0 Å². The van der Waals surface area contributed by atoms with Gasteiger partial charge in [0.2, 0.25) is 5.91 Å². The van der Waals surface area contributed by atoms with Crippen molar-refractivity contribution in [3.8, 4) is 0 Å². The molecule has 41 heavy (non-hydrogen) atoms. The summed E-state index contributed by atoms with van der Waals surface area (Å²) in [7, 11) is -3.97. The Kier molecular flexibility index (Phi) is 9.79. The molecular weight excluding hydrogens is 550 g/mol. The first kappa shape index (κ1) is 29.4. The molecule has 1 aliphatic rings. The molecule has 13 heteroatoms. The summed E-state index contributed by atoms with van der Waals surface area (Å²) in [5.41, 5.74) is 7.98. The lowest BCUT2D eigenvalue weighted by molar-refractivity contribution is -0.157. The van der Waals surface area contributed by atoms with Crippen LogP contribution in [0.3, 0.4) is 0 Å². The molecule has 0 bridgehead atoms. The van der Waals surface area contributed by atoms with Crippen molar-refractivity contribution in [3.05, 3.63) is 102 Å². The number of carbonyl (C=O) groups excluding carboxylic acids is 3. The molecule has 1 aliphatic heterocycles. The summed E-state index contributed by atoms with van der Waals surface area (Å²) in [6.07, 6.45) is -2.23. The summed E-state index contributed by atoms with van der Waals surface area (Å²) in [6, 6.07) is 23.5. The predicted octanol–water partition coefficient (Wildman–Crippen LogP) is 1.86. The highest BCUT2D eigenvalue weighted by Crippen LogP contribution is 2.13. The van der Waals surface area contributed by atoms with E-state index in [1.807, 2.05) is 30.3 Å². The topological polar surface area (TPSA) is 169 Å². The number of amidine groups is 1. The number of morpholine rings is 1. The second-order valence-electron chi connectivity index (χ2n) is 8.97. The lowest BCUT2D eigenvalue weighted by Gasteiger charge is -2.31. The minimum absolute atomic E-state index is 0.00650. The molecule has 4 rings (SSSR count). The number of hydrogen-bond donors (Lipinski definition) is 3. The third-order valence-electron chi connectivity index (χ3n) is 5.99. The van der Waals surface area contributed by atoms with Crippen LogP contribution in [0.4, 0.5) is 4.79 Å². The minimum atomic E-state index is -3.97. The molecular formula is C28H29N5O7S. The summed E-state index contributed by atoms with van der Waals surface area (Å²) in [6.45, 7) is 0.298. The van der Waals surface area contributed by atoms with Gasteiger partial charge in [-0.1, -0.05) is 72.8 Å². The molecule has 214 valence electrons. The Morgan fingerprint density at radius 1 is 0.976 bits per heavy atom. The van der Waals surface area contributed by atoms with Gasteiger partial charge >= 0.3 is 6.09 Å². The molecule has 0 spiro atoms. The quantitative estimate of drug-likeness (QED) is 0.241. The second-order valence-corrected chi connectivity index (χ2v) is 10.6. The van der Waals surface area contributed by atoms with Gasteiger partial charge in [-0.2, -0.15) is 4.99 Å². The molecule has 3 aromatic carbocycles. The van der Waals surface area contributed by atoms with Crippen LogP contribution in [-0.2, 0) is 42.2 Å². The average Bonchev–Trinajstić information content (AvgIpc) is 2.98. The fourth-order valence-corrected chi connectivity index (χ4v) is 4.92. The number of sulfonamides is 1. The minimum Gasteiger partial charge on any atom is -0.443 e. The molecule has 3 aromatic rings. The van der Waals surface area contributed by atoms with E-state index >= 15 is 0 Å². The van der Waals surface area contributed by atoms with Crippen molar-refractivity contribution in [2.24, 2.45) is 10.7 Å². The van der Waals surface area contributed by atoms with Crippen LogP contribution in [0.25, 0.3) is 0 Å². The number of carbonyl (C=O) groups is 3. The zero-order valence-electron chi connectivity index (χ0n) is 21.9. The Balaban J connectivity index is 1.24. The first-order chi connectivity index (χ1) is 19.7. The number of nitrogens with zero attached hydrogens (tertiary/aromatic N) is 2. The zero-order chi connectivity index (χ0) is 29.2. The van der Waals surface area contributed by atoms with Crippen LogP contribution in [0.2, 0.25) is 0 Å². The van der Waals surface area contributed by atoms with Crippen molar-refractivity contribution in [2.75, 3.05) is 13.2 Å². The smallest absolute Gasteiger partial charge is 0.435 e. The number of benzene rings is 3. The van der Waals surface area contributed by atoms with E-state index in [1.165, 1.54) is 12.1 Å². The van der Waals surface area contributed by atoms with Gasteiger partial charge in [0.05, 0.1) is 24.5 Å². The Morgan fingerprint density at radius 2 is 1.63 bits per heavy atom. The predicted molar refractivity (Wildman–Crippen MR) is 148 cm³/mol. The summed E-state index contributed by atoms with van der Waals surface area (Å²) in [5.74, 6) is -1.13. The molecule has 1 atom stereocenters. The van der Waals surface area contributed by atoms with E-state index in [9.17, 15) is 22.8 Å². The summed E-state index contributed by atoms with van der Waals surface area (Å²) < 4.78 is 35.7. The number of ether oxygens (including phenoxy) is 2. The number of rotatable bonds is 10. The van der Waals surface area contributed by atoms with Gasteiger partial charge in [0.15, 0.2) is 0 Å². The molecule has 0 unspecified atom stereocenters. The second kappa shape index (κ2) is 13.7. The standard InChI is InChI=1S/C28H29N5O7S/c29-26(31-28(36)40-19-21-7-3-1-4-8-21)22-13-11-20(12-14-22)18-30-25(34)17-24-27(35)33(15-16-39-24)32-41(37,38)23-9-5-2-6-10-23/h1-14,24,32H,15-19H2,(H,30,34)(H2,29,31,36)/t24-/m1/s1. The van der Waals surface area contributed by atoms with Crippen molar-refractivity contribution in [2.45, 2.75) is 30.6 Å². The monoisotopic (exact) mass is 579 g/mol. The van der Waals surface area contributed by atoms with Crippen molar-refractivity contribution in [3.63, 3.8) is 0 Å². The van der Waals surface area contributed by atoms with E-state index in [4.69, 9.17) is 15.2 Å². The van der Waals surface area contributed by atoms with Gasteiger partial charge < -0.3 is 20.5 Å². The molecule has 0 radical (unpaired) electrons. The molecule has 1 saturated heterocycles. The van der Waals surface area contributed by atoms with Crippen LogP contribution < -0.4 is 15.9 Å². The number of nitrogens with two attached hydrogens (primary N) is 1.